The summed E-state index contributed by atoms with van der Waals surface area (Å²) in [5, 5.41) is 7.70. The zero-order valence-corrected chi connectivity index (χ0v) is 14.4. The molecular formula is C17H15Cl2N5. The monoisotopic (exact) mass is 359 g/mol. The molecule has 0 unspecified atom stereocenters. The Morgan fingerprint density at radius 1 is 0.875 bits per heavy atom. The Kier molecular flexibility index (Phi) is 4.74. The average Bonchev–Trinajstić information content (AvgIpc) is 2.55. The van der Waals surface area contributed by atoms with Gasteiger partial charge in [0.1, 0.15) is 12.0 Å². The third-order valence-electron chi connectivity index (χ3n) is 3.43. The first kappa shape index (κ1) is 16.4. The maximum Gasteiger partial charge on any atom is 0.159 e. The Morgan fingerprint density at radius 3 is 2.17 bits per heavy atom. The molecule has 0 atom stereocenters. The first-order chi connectivity index (χ1) is 11.5. The molecular weight excluding hydrogens is 345 g/mol. The van der Waals surface area contributed by atoms with Crippen LogP contribution in [0, 0.1) is 6.92 Å². The van der Waals surface area contributed by atoms with Crippen molar-refractivity contribution >= 4 is 51.9 Å². The molecule has 2 aromatic carbocycles. The second kappa shape index (κ2) is 6.95. The van der Waals surface area contributed by atoms with Gasteiger partial charge in [0, 0.05) is 21.4 Å². The summed E-state index contributed by atoms with van der Waals surface area (Å²) in [6.07, 6.45) is 1.45. The van der Waals surface area contributed by atoms with E-state index in [0.717, 1.165) is 16.9 Å². The molecule has 0 radical (unpaired) electrons. The Morgan fingerprint density at radius 2 is 1.50 bits per heavy atom. The van der Waals surface area contributed by atoms with E-state index in [1.54, 1.807) is 18.2 Å². The van der Waals surface area contributed by atoms with Crippen LogP contribution in [-0.4, -0.2) is 9.97 Å². The van der Waals surface area contributed by atoms with Crippen molar-refractivity contribution in [3.05, 3.63) is 64.4 Å². The van der Waals surface area contributed by atoms with E-state index < -0.39 is 0 Å². The molecule has 0 saturated carbocycles. The van der Waals surface area contributed by atoms with Gasteiger partial charge in [-0.1, -0.05) is 23.2 Å². The molecule has 7 heteroatoms. The Hall–Kier alpha value is -2.50. The third-order valence-corrected chi connectivity index (χ3v) is 3.92. The molecule has 1 heterocycles. The Labute approximate surface area is 149 Å². The molecule has 0 bridgehead atoms. The number of aryl methyl sites for hydroxylation is 1. The van der Waals surface area contributed by atoms with Gasteiger partial charge in [0.25, 0.3) is 0 Å². The van der Waals surface area contributed by atoms with Crippen molar-refractivity contribution in [3.63, 3.8) is 0 Å². The summed E-state index contributed by atoms with van der Waals surface area (Å²) in [4.78, 5) is 8.41. The van der Waals surface area contributed by atoms with Gasteiger partial charge in [-0.15, -0.1) is 0 Å². The molecule has 3 rings (SSSR count). The van der Waals surface area contributed by atoms with E-state index in [9.17, 15) is 0 Å². The predicted octanol–water partition coefficient (Wildman–Crippen LogP) is 5.16. The fourth-order valence-electron chi connectivity index (χ4n) is 2.16. The number of halogens is 2. The molecule has 0 spiro atoms. The number of nitrogens with one attached hydrogen (secondary N) is 2. The SMILES string of the molecule is Cc1cc(Cl)ccc1Nc1ncnc(Nc2ccc(Cl)cc2)c1N. The summed E-state index contributed by atoms with van der Waals surface area (Å²) in [6.45, 7) is 1.96. The first-order valence-electron chi connectivity index (χ1n) is 7.19. The third kappa shape index (κ3) is 3.69. The lowest BCUT2D eigenvalue weighted by molar-refractivity contribution is 1.17. The number of anilines is 5. The second-order valence-electron chi connectivity index (χ2n) is 5.20. The first-order valence-corrected chi connectivity index (χ1v) is 7.95. The number of rotatable bonds is 4. The van der Waals surface area contributed by atoms with E-state index >= 15 is 0 Å². The highest BCUT2D eigenvalue weighted by Crippen LogP contribution is 2.30. The lowest BCUT2D eigenvalue weighted by Crippen LogP contribution is -2.05. The zero-order valence-electron chi connectivity index (χ0n) is 12.8. The molecule has 122 valence electrons. The maximum absolute atomic E-state index is 6.19. The largest absolute Gasteiger partial charge is 0.393 e. The van der Waals surface area contributed by atoms with Gasteiger partial charge in [-0.3, -0.25) is 0 Å². The van der Waals surface area contributed by atoms with Gasteiger partial charge in [0.15, 0.2) is 11.6 Å². The van der Waals surface area contributed by atoms with Gasteiger partial charge >= 0.3 is 0 Å². The molecule has 0 aliphatic heterocycles. The van der Waals surface area contributed by atoms with Crippen molar-refractivity contribution < 1.29 is 0 Å². The van der Waals surface area contributed by atoms with E-state index in [1.807, 2.05) is 31.2 Å². The predicted molar refractivity (Wildman–Crippen MR) is 101 cm³/mol. The van der Waals surface area contributed by atoms with Crippen LogP contribution in [0.4, 0.5) is 28.7 Å². The standard InChI is InChI=1S/C17H15Cl2N5/c1-10-8-12(19)4-7-14(10)24-17-15(20)16(21-9-22-17)23-13-5-2-11(18)3-6-13/h2-9H,20H2,1H3,(H2,21,22,23,24). The minimum absolute atomic E-state index is 0.418. The fourth-order valence-corrected chi connectivity index (χ4v) is 2.51. The second-order valence-corrected chi connectivity index (χ2v) is 6.07. The number of nitrogen functional groups attached to an aromatic ring is 1. The van der Waals surface area contributed by atoms with Crippen LogP contribution in [0.1, 0.15) is 5.56 Å². The molecule has 0 amide bonds. The molecule has 0 aliphatic carbocycles. The minimum atomic E-state index is 0.418. The van der Waals surface area contributed by atoms with Gasteiger partial charge < -0.3 is 16.4 Å². The summed E-state index contributed by atoms with van der Waals surface area (Å²) < 4.78 is 0. The highest BCUT2D eigenvalue weighted by Gasteiger charge is 2.10. The molecule has 0 saturated heterocycles. The van der Waals surface area contributed by atoms with Crippen LogP contribution in [0.3, 0.4) is 0 Å². The van der Waals surface area contributed by atoms with E-state index in [0.29, 0.717) is 27.4 Å². The van der Waals surface area contributed by atoms with Gasteiger partial charge in [-0.05, 0) is 55.0 Å². The molecule has 0 fully saturated rings. The van der Waals surface area contributed by atoms with Crippen molar-refractivity contribution in [2.24, 2.45) is 0 Å². The summed E-state index contributed by atoms with van der Waals surface area (Å²) in [5.41, 5.74) is 9.31. The summed E-state index contributed by atoms with van der Waals surface area (Å²) in [7, 11) is 0. The molecule has 5 nitrogen and oxygen atoms in total. The van der Waals surface area contributed by atoms with E-state index in [4.69, 9.17) is 28.9 Å². The van der Waals surface area contributed by atoms with Crippen LogP contribution >= 0.6 is 23.2 Å². The lowest BCUT2D eigenvalue weighted by Gasteiger charge is -2.14. The molecule has 4 N–H and O–H groups in total. The van der Waals surface area contributed by atoms with Crippen LogP contribution in [-0.2, 0) is 0 Å². The number of hydrogen-bond acceptors (Lipinski definition) is 5. The van der Waals surface area contributed by atoms with Crippen LogP contribution in [0.15, 0.2) is 48.8 Å². The van der Waals surface area contributed by atoms with Crippen molar-refractivity contribution in [2.45, 2.75) is 6.92 Å². The van der Waals surface area contributed by atoms with E-state index in [1.165, 1.54) is 6.33 Å². The maximum atomic E-state index is 6.19. The van der Waals surface area contributed by atoms with E-state index in [2.05, 4.69) is 20.6 Å². The average molecular weight is 360 g/mol. The van der Waals surface area contributed by atoms with Crippen molar-refractivity contribution in [3.8, 4) is 0 Å². The number of aromatic nitrogens is 2. The van der Waals surface area contributed by atoms with E-state index in [-0.39, 0.29) is 0 Å². The number of nitrogens with two attached hydrogens (primary N) is 1. The minimum Gasteiger partial charge on any atom is -0.393 e. The summed E-state index contributed by atoms with van der Waals surface area (Å²) in [5.74, 6) is 1.04. The van der Waals surface area contributed by atoms with Crippen molar-refractivity contribution in [1.82, 2.24) is 9.97 Å². The lowest BCUT2D eigenvalue weighted by atomic mass is 10.2. The zero-order chi connectivity index (χ0) is 17.1. The number of hydrogen-bond donors (Lipinski definition) is 3. The smallest absolute Gasteiger partial charge is 0.159 e. The highest BCUT2D eigenvalue weighted by molar-refractivity contribution is 6.31. The van der Waals surface area contributed by atoms with Crippen molar-refractivity contribution in [1.29, 1.82) is 0 Å². The quantitative estimate of drug-likeness (QED) is 0.599. The van der Waals surface area contributed by atoms with Crippen LogP contribution in [0.5, 0.6) is 0 Å². The molecule has 0 aliphatic rings. The molecule has 1 aromatic heterocycles. The van der Waals surface area contributed by atoms with Gasteiger partial charge in [0.05, 0.1) is 0 Å². The van der Waals surface area contributed by atoms with Crippen LogP contribution < -0.4 is 16.4 Å². The summed E-state index contributed by atoms with van der Waals surface area (Å²) >= 11 is 11.9. The van der Waals surface area contributed by atoms with Gasteiger partial charge in [0.2, 0.25) is 0 Å². The fraction of sp³-hybridized carbons (Fsp3) is 0.0588. The van der Waals surface area contributed by atoms with Gasteiger partial charge in [-0.25, -0.2) is 9.97 Å². The van der Waals surface area contributed by atoms with Crippen molar-refractivity contribution in [2.75, 3.05) is 16.4 Å². The molecule has 3 aromatic rings. The summed E-state index contributed by atoms with van der Waals surface area (Å²) in [6, 6.07) is 12.8. The van der Waals surface area contributed by atoms with Gasteiger partial charge in [-0.2, -0.15) is 0 Å². The number of nitrogens with zero attached hydrogens (tertiary/aromatic N) is 2. The Balaban J connectivity index is 1.86. The van der Waals surface area contributed by atoms with Crippen LogP contribution in [0.25, 0.3) is 0 Å². The molecule has 24 heavy (non-hydrogen) atoms. The number of benzene rings is 2. The van der Waals surface area contributed by atoms with Crippen LogP contribution in [0.2, 0.25) is 10.0 Å². The Bertz CT molecular complexity index is 865. The normalized spacial score (nSPS) is 10.5. The topological polar surface area (TPSA) is 75.9 Å². The highest BCUT2D eigenvalue weighted by atomic mass is 35.5.